The Morgan fingerprint density at radius 1 is 0.958 bits per heavy atom. The van der Waals surface area contributed by atoms with Gasteiger partial charge >= 0.3 is 0 Å². The minimum Gasteiger partial charge on any atom is -0.352 e. The van der Waals surface area contributed by atoms with Gasteiger partial charge in [-0.3, -0.25) is 9.59 Å². The van der Waals surface area contributed by atoms with Crippen molar-refractivity contribution in [3.8, 4) is 0 Å². The first-order valence-electron chi connectivity index (χ1n) is 8.26. The predicted molar refractivity (Wildman–Crippen MR) is 97.0 cm³/mol. The molecular formula is C20H24N2O2. The van der Waals surface area contributed by atoms with Gasteiger partial charge in [0, 0.05) is 24.2 Å². The normalized spacial score (nSPS) is 10.5. The molecule has 4 nitrogen and oxygen atoms in total. The molecule has 0 aliphatic carbocycles. The summed E-state index contributed by atoms with van der Waals surface area (Å²) in [5.41, 5.74) is 2.44. The summed E-state index contributed by atoms with van der Waals surface area (Å²) in [7, 11) is 0. The molecule has 2 aromatic carbocycles. The molecule has 24 heavy (non-hydrogen) atoms. The number of hydrogen-bond acceptors (Lipinski definition) is 2. The highest BCUT2D eigenvalue weighted by molar-refractivity contribution is 5.95. The zero-order chi connectivity index (χ0) is 17.4. The van der Waals surface area contributed by atoms with Gasteiger partial charge in [0.1, 0.15) is 0 Å². The molecule has 0 aliphatic heterocycles. The second kappa shape index (κ2) is 8.87. The number of amides is 2. The fraction of sp³-hybridized carbons (Fsp3) is 0.300. The first kappa shape index (κ1) is 17.7. The van der Waals surface area contributed by atoms with Gasteiger partial charge in [-0.25, -0.2) is 0 Å². The molecule has 0 spiro atoms. The van der Waals surface area contributed by atoms with E-state index in [0.29, 0.717) is 36.6 Å². The molecule has 0 fully saturated rings. The molecule has 0 unspecified atom stereocenters. The molecule has 126 valence electrons. The van der Waals surface area contributed by atoms with Crippen molar-refractivity contribution >= 4 is 17.5 Å². The van der Waals surface area contributed by atoms with Gasteiger partial charge in [0.2, 0.25) is 5.91 Å². The van der Waals surface area contributed by atoms with Crippen molar-refractivity contribution in [1.82, 2.24) is 5.32 Å². The van der Waals surface area contributed by atoms with Crippen LogP contribution in [0.25, 0.3) is 0 Å². The van der Waals surface area contributed by atoms with Gasteiger partial charge < -0.3 is 10.6 Å². The molecule has 2 aromatic rings. The van der Waals surface area contributed by atoms with Gasteiger partial charge in [-0.15, -0.1) is 0 Å². The number of benzene rings is 2. The zero-order valence-corrected chi connectivity index (χ0v) is 14.2. The van der Waals surface area contributed by atoms with Crippen molar-refractivity contribution in [2.45, 2.75) is 26.7 Å². The standard InChI is InChI=1S/C20H24N2O2/c1-15(2)14-21-20(24)17-9-11-18(12-10-17)22-19(23)13-8-16-6-4-3-5-7-16/h3-7,9-12,15H,8,13-14H2,1-2H3,(H,21,24)(H,22,23). The van der Waals surface area contributed by atoms with Crippen molar-refractivity contribution in [3.63, 3.8) is 0 Å². The average Bonchev–Trinajstić information content (AvgIpc) is 2.59. The molecule has 0 atom stereocenters. The quantitative estimate of drug-likeness (QED) is 0.817. The highest BCUT2D eigenvalue weighted by atomic mass is 16.2. The SMILES string of the molecule is CC(C)CNC(=O)c1ccc(NC(=O)CCc2ccccc2)cc1. The lowest BCUT2D eigenvalue weighted by atomic mass is 10.1. The van der Waals surface area contributed by atoms with Crippen LogP contribution in [0.3, 0.4) is 0 Å². The predicted octanol–water partition coefficient (Wildman–Crippen LogP) is 3.64. The third-order valence-electron chi connectivity index (χ3n) is 3.59. The van der Waals surface area contributed by atoms with Gasteiger partial charge in [0.05, 0.1) is 0 Å². The van der Waals surface area contributed by atoms with Crippen LogP contribution in [-0.4, -0.2) is 18.4 Å². The molecule has 0 heterocycles. The average molecular weight is 324 g/mol. The lowest BCUT2D eigenvalue weighted by molar-refractivity contribution is -0.116. The number of carbonyl (C=O) groups excluding carboxylic acids is 2. The van der Waals surface area contributed by atoms with Crippen LogP contribution < -0.4 is 10.6 Å². The summed E-state index contributed by atoms with van der Waals surface area (Å²) in [5, 5.41) is 5.73. The van der Waals surface area contributed by atoms with Crippen LogP contribution >= 0.6 is 0 Å². The summed E-state index contributed by atoms with van der Waals surface area (Å²) < 4.78 is 0. The van der Waals surface area contributed by atoms with E-state index in [9.17, 15) is 9.59 Å². The van der Waals surface area contributed by atoms with Crippen LogP contribution in [0.2, 0.25) is 0 Å². The fourth-order valence-corrected chi connectivity index (χ4v) is 2.23. The molecule has 0 aliphatic rings. The highest BCUT2D eigenvalue weighted by Gasteiger charge is 2.07. The van der Waals surface area contributed by atoms with Crippen LogP contribution in [0, 0.1) is 5.92 Å². The molecule has 2 amide bonds. The fourth-order valence-electron chi connectivity index (χ4n) is 2.23. The minimum atomic E-state index is -0.0920. The Bertz CT molecular complexity index is 664. The number of anilines is 1. The topological polar surface area (TPSA) is 58.2 Å². The maximum Gasteiger partial charge on any atom is 0.251 e. The Labute approximate surface area is 143 Å². The molecule has 0 bridgehead atoms. The maximum absolute atomic E-state index is 12.0. The van der Waals surface area contributed by atoms with E-state index in [-0.39, 0.29) is 11.8 Å². The summed E-state index contributed by atoms with van der Waals surface area (Å²) in [6.45, 7) is 4.75. The zero-order valence-electron chi connectivity index (χ0n) is 14.2. The molecule has 2 rings (SSSR count). The van der Waals surface area contributed by atoms with E-state index in [1.807, 2.05) is 44.2 Å². The van der Waals surface area contributed by atoms with Crippen molar-refractivity contribution in [2.75, 3.05) is 11.9 Å². The smallest absolute Gasteiger partial charge is 0.251 e. The molecule has 0 radical (unpaired) electrons. The van der Waals surface area contributed by atoms with Gasteiger partial charge in [-0.05, 0) is 42.2 Å². The molecule has 0 aromatic heterocycles. The molecule has 4 heteroatoms. The van der Waals surface area contributed by atoms with E-state index in [0.717, 1.165) is 5.56 Å². The van der Waals surface area contributed by atoms with E-state index in [2.05, 4.69) is 10.6 Å². The van der Waals surface area contributed by atoms with E-state index >= 15 is 0 Å². The lowest BCUT2D eigenvalue weighted by Gasteiger charge is -2.09. The van der Waals surface area contributed by atoms with Crippen LogP contribution in [0.5, 0.6) is 0 Å². The van der Waals surface area contributed by atoms with Crippen molar-refractivity contribution < 1.29 is 9.59 Å². The number of aryl methyl sites for hydroxylation is 1. The molecule has 0 saturated heterocycles. The summed E-state index contributed by atoms with van der Waals surface area (Å²) >= 11 is 0. The third-order valence-corrected chi connectivity index (χ3v) is 3.59. The molecular weight excluding hydrogens is 300 g/mol. The number of rotatable bonds is 7. The minimum absolute atomic E-state index is 0.0316. The van der Waals surface area contributed by atoms with Crippen LogP contribution in [-0.2, 0) is 11.2 Å². The van der Waals surface area contributed by atoms with Gasteiger partial charge in [0.15, 0.2) is 0 Å². The summed E-state index contributed by atoms with van der Waals surface area (Å²) in [5.74, 6) is 0.290. The highest BCUT2D eigenvalue weighted by Crippen LogP contribution is 2.11. The van der Waals surface area contributed by atoms with Crippen LogP contribution in [0.1, 0.15) is 36.2 Å². The largest absolute Gasteiger partial charge is 0.352 e. The van der Waals surface area contributed by atoms with Crippen LogP contribution in [0.4, 0.5) is 5.69 Å². The van der Waals surface area contributed by atoms with Crippen molar-refractivity contribution in [3.05, 3.63) is 65.7 Å². The van der Waals surface area contributed by atoms with Gasteiger partial charge in [-0.2, -0.15) is 0 Å². The van der Waals surface area contributed by atoms with Crippen LogP contribution in [0.15, 0.2) is 54.6 Å². The molecule has 0 saturated carbocycles. The Morgan fingerprint density at radius 3 is 2.25 bits per heavy atom. The Morgan fingerprint density at radius 2 is 1.62 bits per heavy atom. The van der Waals surface area contributed by atoms with Gasteiger partial charge in [-0.1, -0.05) is 44.2 Å². The summed E-state index contributed by atoms with van der Waals surface area (Å²) in [6, 6.07) is 16.9. The first-order valence-corrected chi connectivity index (χ1v) is 8.26. The Hall–Kier alpha value is -2.62. The monoisotopic (exact) mass is 324 g/mol. The first-order chi connectivity index (χ1) is 11.5. The van der Waals surface area contributed by atoms with E-state index in [4.69, 9.17) is 0 Å². The Kier molecular flexibility index (Phi) is 6.55. The van der Waals surface area contributed by atoms with E-state index in [1.165, 1.54) is 0 Å². The Balaban J connectivity index is 1.82. The summed E-state index contributed by atoms with van der Waals surface area (Å²) in [6.07, 6.45) is 1.14. The number of hydrogen-bond donors (Lipinski definition) is 2. The van der Waals surface area contributed by atoms with Crippen molar-refractivity contribution in [2.24, 2.45) is 5.92 Å². The van der Waals surface area contributed by atoms with E-state index in [1.54, 1.807) is 24.3 Å². The third kappa shape index (κ3) is 5.88. The maximum atomic E-state index is 12.0. The lowest BCUT2D eigenvalue weighted by Crippen LogP contribution is -2.27. The van der Waals surface area contributed by atoms with Crippen molar-refractivity contribution in [1.29, 1.82) is 0 Å². The second-order valence-electron chi connectivity index (χ2n) is 6.21. The second-order valence-corrected chi connectivity index (χ2v) is 6.21. The number of nitrogens with one attached hydrogen (secondary N) is 2. The van der Waals surface area contributed by atoms with Gasteiger partial charge in [0.25, 0.3) is 5.91 Å². The number of carbonyl (C=O) groups is 2. The molecule has 2 N–H and O–H groups in total. The van der Waals surface area contributed by atoms with E-state index < -0.39 is 0 Å². The summed E-state index contributed by atoms with van der Waals surface area (Å²) in [4.78, 5) is 23.9.